The normalized spacial score (nSPS) is 11.1. The smallest absolute Gasteiger partial charge is 0.113 e. The van der Waals surface area contributed by atoms with E-state index in [4.69, 9.17) is 9.68 Å². The Balaban J connectivity index is 2.41. The van der Waals surface area contributed by atoms with Gasteiger partial charge >= 0.3 is 0 Å². The summed E-state index contributed by atoms with van der Waals surface area (Å²) < 4.78 is 0. The van der Waals surface area contributed by atoms with Gasteiger partial charge in [0.1, 0.15) is 6.04 Å². The Labute approximate surface area is 107 Å². The zero-order valence-electron chi connectivity index (χ0n) is 10.6. The Morgan fingerprint density at radius 1 is 0.722 bits per heavy atom. The minimum absolute atomic E-state index is 0.0811. The lowest BCUT2D eigenvalue weighted by Crippen LogP contribution is -2.27. The first kappa shape index (κ1) is 12.8. The van der Waals surface area contributed by atoms with Gasteiger partial charge in [-0.1, -0.05) is 65.9 Å². The minimum Gasteiger partial charge on any atom is -0.277 e. The number of benzene rings is 2. The second-order valence-electron chi connectivity index (χ2n) is 3.87. The van der Waals surface area contributed by atoms with Crippen molar-refractivity contribution in [3.05, 3.63) is 71.8 Å². The largest absolute Gasteiger partial charge is 0.277 e. The van der Waals surface area contributed by atoms with Gasteiger partial charge in [-0.3, -0.25) is 9.68 Å². The number of rotatable bonds is 5. The maximum atomic E-state index is 5.28. The Morgan fingerprint density at radius 3 is 1.44 bits per heavy atom. The van der Waals surface area contributed by atoms with Gasteiger partial charge in [0.05, 0.1) is 14.2 Å². The standard InChI is InChI=1S/C15H17NO2/c1-17-16(18-2)15(13-9-5-3-6-10-13)14-11-7-4-8-12-14/h3-12,15H,1-2H3. The molecule has 3 heteroatoms. The lowest BCUT2D eigenvalue weighted by Gasteiger charge is -2.27. The molecule has 94 valence electrons. The van der Waals surface area contributed by atoms with E-state index in [9.17, 15) is 0 Å². The van der Waals surface area contributed by atoms with Crippen LogP contribution < -0.4 is 0 Å². The molecule has 2 aromatic rings. The fourth-order valence-electron chi connectivity index (χ4n) is 1.99. The van der Waals surface area contributed by atoms with Crippen LogP contribution in [-0.4, -0.2) is 19.4 Å². The van der Waals surface area contributed by atoms with Gasteiger partial charge in [0.25, 0.3) is 0 Å². The van der Waals surface area contributed by atoms with Crippen LogP contribution in [0, 0.1) is 0 Å². The summed E-state index contributed by atoms with van der Waals surface area (Å²) in [6.45, 7) is 0. The van der Waals surface area contributed by atoms with Crippen molar-refractivity contribution in [1.29, 1.82) is 0 Å². The Morgan fingerprint density at radius 2 is 1.11 bits per heavy atom. The topological polar surface area (TPSA) is 21.7 Å². The SMILES string of the molecule is CON(OC)C(c1ccccc1)c1ccccc1. The Hall–Kier alpha value is -1.68. The molecule has 0 aliphatic rings. The van der Waals surface area contributed by atoms with Crippen molar-refractivity contribution in [2.24, 2.45) is 0 Å². The number of hydrogen-bond donors (Lipinski definition) is 0. The summed E-state index contributed by atoms with van der Waals surface area (Å²) in [4.78, 5) is 10.6. The van der Waals surface area contributed by atoms with Crippen LogP contribution in [0.25, 0.3) is 0 Å². The molecule has 0 amide bonds. The van der Waals surface area contributed by atoms with Crippen molar-refractivity contribution in [3.8, 4) is 0 Å². The summed E-state index contributed by atoms with van der Waals surface area (Å²) in [7, 11) is 3.20. The highest BCUT2D eigenvalue weighted by Crippen LogP contribution is 2.28. The number of hydroxylamine groups is 2. The highest BCUT2D eigenvalue weighted by atomic mass is 16.9. The lowest BCUT2D eigenvalue weighted by atomic mass is 9.99. The van der Waals surface area contributed by atoms with E-state index in [-0.39, 0.29) is 6.04 Å². The summed E-state index contributed by atoms with van der Waals surface area (Å²) >= 11 is 0. The van der Waals surface area contributed by atoms with Gasteiger partial charge in [0.2, 0.25) is 0 Å². The van der Waals surface area contributed by atoms with Crippen LogP contribution in [0.3, 0.4) is 0 Å². The first-order chi connectivity index (χ1) is 8.86. The van der Waals surface area contributed by atoms with Crippen molar-refractivity contribution < 1.29 is 9.68 Å². The first-order valence-electron chi connectivity index (χ1n) is 5.84. The van der Waals surface area contributed by atoms with E-state index in [1.165, 1.54) is 5.23 Å². The molecule has 0 saturated heterocycles. The summed E-state index contributed by atoms with van der Waals surface area (Å²) in [5, 5.41) is 1.49. The highest BCUT2D eigenvalue weighted by molar-refractivity contribution is 5.30. The monoisotopic (exact) mass is 243 g/mol. The van der Waals surface area contributed by atoms with Gasteiger partial charge in [0.15, 0.2) is 0 Å². The average molecular weight is 243 g/mol. The molecule has 2 aromatic carbocycles. The molecule has 2 rings (SSSR count). The van der Waals surface area contributed by atoms with Crippen molar-refractivity contribution in [2.75, 3.05) is 14.2 Å². The predicted octanol–water partition coefficient (Wildman–Crippen LogP) is 3.20. The Kier molecular flexibility index (Phi) is 4.47. The van der Waals surface area contributed by atoms with Crippen LogP contribution in [0.1, 0.15) is 17.2 Å². The van der Waals surface area contributed by atoms with Crippen molar-refractivity contribution >= 4 is 0 Å². The third-order valence-electron chi connectivity index (χ3n) is 2.80. The molecule has 3 nitrogen and oxygen atoms in total. The second kappa shape index (κ2) is 6.31. The molecule has 0 bridgehead atoms. The fourth-order valence-corrected chi connectivity index (χ4v) is 1.99. The maximum Gasteiger partial charge on any atom is 0.113 e. The van der Waals surface area contributed by atoms with Crippen LogP contribution >= 0.6 is 0 Å². The van der Waals surface area contributed by atoms with Gasteiger partial charge in [-0.2, -0.15) is 0 Å². The summed E-state index contributed by atoms with van der Waals surface area (Å²) in [5.41, 5.74) is 2.24. The van der Waals surface area contributed by atoms with Crippen LogP contribution in [0.15, 0.2) is 60.7 Å². The second-order valence-corrected chi connectivity index (χ2v) is 3.87. The van der Waals surface area contributed by atoms with E-state index >= 15 is 0 Å². The van der Waals surface area contributed by atoms with Crippen molar-refractivity contribution in [1.82, 2.24) is 5.23 Å². The third-order valence-corrected chi connectivity index (χ3v) is 2.80. The number of nitrogens with zero attached hydrogens (tertiary/aromatic N) is 1. The van der Waals surface area contributed by atoms with Crippen molar-refractivity contribution in [3.63, 3.8) is 0 Å². The van der Waals surface area contributed by atoms with Crippen LogP contribution in [0.4, 0.5) is 0 Å². The molecule has 0 heterocycles. The molecule has 0 atom stereocenters. The molecule has 0 fully saturated rings. The van der Waals surface area contributed by atoms with E-state index in [0.717, 1.165) is 11.1 Å². The molecule has 0 spiro atoms. The molecule has 0 saturated carbocycles. The zero-order chi connectivity index (χ0) is 12.8. The molecule has 0 unspecified atom stereocenters. The average Bonchev–Trinajstić information content (AvgIpc) is 2.46. The highest BCUT2D eigenvalue weighted by Gasteiger charge is 2.22. The minimum atomic E-state index is -0.0811. The van der Waals surface area contributed by atoms with Crippen LogP contribution in [-0.2, 0) is 9.68 Å². The molecule has 18 heavy (non-hydrogen) atoms. The fraction of sp³-hybridized carbons (Fsp3) is 0.200. The van der Waals surface area contributed by atoms with Crippen LogP contribution in [0.5, 0.6) is 0 Å². The van der Waals surface area contributed by atoms with Gasteiger partial charge in [-0.05, 0) is 11.1 Å². The molecular weight excluding hydrogens is 226 g/mol. The zero-order valence-corrected chi connectivity index (χ0v) is 10.6. The lowest BCUT2D eigenvalue weighted by molar-refractivity contribution is -0.360. The van der Waals surface area contributed by atoms with Gasteiger partial charge in [-0.25, -0.2) is 0 Å². The van der Waals surface area contributed by atoms with E-state index in [1.54, 1.807) is 14.2 Å². The summed E-state index contributed by atoms with van der Waals surface area (Å²) in [6.07, 6.45) is 0. The van der Waals surface area contributed by atoms with Gasteiger partial charge in [-0.15, -0.1) is 0 Å². The third kappa shape index (κ3) is 2.76. The summed E-state index contributed by atoms with van der Waals surface area (Å²) in [6, 6.07) is 20.2. The molecule has 0 radical (unpaired) electrons. The first-order valence-corrected chi connectivity index (χ1v) is 5.84. The predicted molar refractivity (Wildman–Crippen MR) is 70.6 cm³/mol. The molecule has 0 aromatic heterocycles. The molecule has 0 aliphatic carbocycles. The molecule has 0 N–H and O–H groups in total. The van der Waals surface area contributed by atoms with E-state index in [0.29, 0.717) is 0 Å². The van der Waals surface area contributed by atoms with Gasteiger partial charge in [0, 0.05) is 0 Å². The maximum absolute atomic E-state index is 5.28. The van der Waals surface area contributed by atoms with Crippen LogP contribution in [0.2, 0.25) is 0 Å². The van der Waals surface area contributed by atoms with Gasteiger partial charge < -0.3 is 0 Å². The summed E-state index contributed by atoms with van der Waals surface area (Å²) in [5.74, 6) is 0. The van der Waals surface area contributed by atoms with E-state index < -0.39 is 0 Å². The number of hydrogen-bond acceptors (Lipinski definition) is 3. The van der Waals surface area contributed by atoms with E-state index in [1.807, 2.05) is 36.4 Å². The van der Waals surface area contributed by atoms with E-state index in [2.05, 4.69) is 24.3 Å². The Bertz CT molecular complexity index is 415. The molecular formula is C15H17NO2. The quantitative estimate of drug-likeness (QED) is 0.753. The van der Waals surface area contributed by atoms with Crippen molar-refractivity contribution in [2.45, 2.75) is 6.04 Å². The molecule has 0 aliphatic heterocycles.